The highest BCUT2D eigenvalue weighted by Gasteiger charge is 1.88. The van der Waals surface area contributed by atoms with Crippen molar-refractivity contribution in [2.75, 3.05) is 0 Å². The van der Waals surface area contributed by atoms with Crippen molar-refractivity contribution in [2.45, 2.75) is 41.5 Å². The quantitative estimate of drug-likeness (QED) is 0.426. The second-order valence-corrected chi connectivity index (χ2v) is 3.71. The summed E-state index contributed by atoms with van der Waals surface area (Å²) in [7, 11) is 0. The van der Waals surface area contributed by atoms with E-state index in [-0.39, 0.29) is 0 Å². The number of benzene rings is 1. The molecule has 0 radical (unpaired) electrons. The molecule has 0 aliphatic carbocycles. The Balaban J connectivity index is 0. The van der Waals surface area contributed by atoms with Crippen molar-refractivity contribution < 1.29 is 0 Å². The smallest absolute Gasteiger partial charge is 0.0857 e. The highest BCUT2D eigenvalue weighted by molar-refractivity contribution is 5.38. The minimum Gasteiger partial charge on any atom is -0.151 e. The normalized spacial score (nSPS) is 9.50. The first-order chi connectivity index (χ1) is 9.58. The van der Waals surface area contributed by atoms with Crippen molar-refractivity contribution in [3.05, 3.63) is 66.4 Å². The van der Waals surface area contributed by atoms with Gasteiger partial charge in [0.25, 0.3) is 0 Å². The first kappa shape index (κ1) is 20.4. The van der Waals surface area contributed by atoms with E-state index in [4.69, 9.17) is 0 Å². The molecule has 2 heteroatoms. The first-order valence-electron chi connectivity index (χ1n) is 7.09. The highest BCUT2D eigenvalue weighted by atomic mass is 15.1. The van der Waals surface area contributed by atoms with Gasteiger partial charge in [-0.25, -0.2) is 0 Å². The molecule has 0 amide bonds. The van der Waals surface area contributed by atoms with Crippen LogP contribution in [0.15, 0.2) is 71.1 Å². The van der Waals surface area contributed by atoms with Crippen LogP contribution in [0.4, 0.5) is 5.69 Å². The van der Waals surface area contributed by atoms with Gasteiger partial charge >= 0.3 is 0 Å². The molecule has 1 aromatic rings. The lowest BCUT2D eigenvalue weighted by Gasteiger charge is -1.93. The molecule has 20 heavy (non-hydrogen) atoms. The zero-order chi connectivity index (χ0) is 16.0. The number of hydrogen-bond acceptors (Lipinski definition) is 2. The second kappa shape index (κ2) is 13.5. The van der Waals surface area contributed by atoms with Gasteiger partial charge in [-0.2, -0.15) is 10.2 Å². The van der Waals surface area contributed by atoms with Crippen LogP contribution in [0.5, 0.6) is 0 Å². The van der Waals surface area contributed by atoms with Crippen molar-refractivity contribution in [1.29, 1.82) is 0 Å². The Hall–Kier alpha value is -1.96. The summed E-state index contributed by atoms with van der Waals surface area (Å²) in [4.78, 5) is 0. The number of azo groups is 1. The largest absolute Gasteiger partial charge is 0.151 e. The molecule has 0 atom stereocenters. The van der Waals surface area contributed by atoms with Crippen LogP contribution in [0.25, 0.3) is 0 Å². The standard InChI is InChI=1S/C14H16N2.2C2H6/c1-11(2)5-8-13(4)15-16-14-9-6-12(3)7-10-14;2*1-2/h5-10H,1,4H2,2-3H3;2*1-2H3/b8-5-,16-15?;;. The molecule has 0 heterocycles. The molecule has 1 rings (SSSR count). The van der Waals surface area contributed by atoms with E-state index in [1.165, 1.54) is 5.56 Å². The molecule has 0 N–H and O–H groups in total. The van der Waals surface area contributed by atoms with E-state index >= 15 is 0 Å². The van der Waals surface area contributed by atoms with Gasteiger partial charge in [0.2, 0.25) is 0 Å². The Morgan fingerprint density at radius 3 is 1.90 bits per heavy atom. The topological polar surface area (TPSA) is 24.7 Å². The number of aryl methyl sites for hydroxylation is 1. The minimum atomic E-state index is 0.614. The average Bonchev–Trinajstić information content (AvgIpc) is 2.48. The zero-order valence-corrected chi connectivity index (χ0v) is 13.8. The molecule has 0 saturated heterocycles. The molecule has 1 aromatic carbocycles. The summed E-state index contributed by atoms with van der Waals surface area (Å²) >= 11 is 0. The van der Waals surface area contributed by atoms with Crippen LogP contribution >= 0.6 is 0 Å². The van der Waals surface area contributed by atoms with Crippen LogP contribution < -0.4 is 0 Å². The predicted molar refractivity (Wildman–Crippen MR) is 91.5 cm³/mol. The van der Waals surface area contributed by atoms with Crippen LogP contribution in [0, 0.1) is 6.92 Å². The van der Waals surface area contributed by atoms with Crippen LogP contribution in [0.2, 0.25) is 0 Å². The van der Waals surface area contributed by atoms with Crippen molar-refractivity contribution in [3.63, 3.8) is 0 Å². The summed E-state index contributed by atoms with van der Waals surface area (Å²) in [6.07, 6.45) is 3.65. The Morgan fingerprint density at radius 1 is 0.950 bits per heavy atom. The molecular formula is C18H28N2. The lowest BCUT2D eigenvalue weighted by molar-refractivity contribution is 1.17. The maximum absolute atomic E-state index is 4.07. The SMILES string of the molecule is C=C(C)/C=C\C(=C)N=Nc1ccc(C)cc1.CC.CC. The van der Waals surface area contributed by atoms with E-state index < -0.39 is 0 Å². The maximum Gasteiger partial charge on any atom is 0.0857 e. The van der Waals surface area contributed by atoms with Crippen molar-refractivity contribution in [2.24, 2.45) is 10.2 Å². The fourth-order valence-electron chi connectivity index (χ4n) is 1.01. The second-order valence-electron chi connectivity index (χ2n) is 3.71. The molecule has 0 fully saturated rings. The first-order valence-corrected chi connectivity index (χ1v) is 7.09. The Kier molecular flexibility index (Phi) is 13.7. The van der Waals surface area contributed by atoms with Gasteiger partial charge in [0, 0.05) is 0 Å². The molecule has 0 unspecified atom stereocenters. The number of nitrogens with zero attached hydrogens (tertiary/aromatic N) is 2. The Labute approximate surface area is 124 Å². The van der Waals surface area contributed by atoms with Crippen LogP contribution in [0.1, 0.15) is 40.2 Å². The van der Waals surface area contributed by atoms with Gasteiger partial charge in [0.05, 0.1) is 11.4 Å². The Bertz CT molecular complexity index is 437. The van der Waals surface area contributed by atoms with Gasteiger partial charge in [-0.3, -0.25) is 0 Å². The number of rotatable bonds is 4. The third-order valence-electron chi connectivity index (χ3n) is 1.89. The molecule has 0 aliphatic heterocycles. The lowest BCUT2D eigenvalue weighted by Crippen LogP contribution is -1.70. The summed E-state index contributed by atoms with van der Waals surface area (Å²) in [5.41, 5.74) is 3.62. The average molecular weight is 272 g/mol. The molecule has 110 valence electrons. The number of hydrogen-bond donors (Lipinski definition) is 0. The molecule has 0 aliphatic rings. The fourth-order valence-corrected chi connectivity index (χ4v) is 1.01. The van der Waals surface area contributed by atoms with Gasteiger partial charge in [0.1, 0.15) is 0 Å². The fraction of sp³-hybridized carbons (Fsp3) is 0.333. The van der Waals surface area contributed by atoms with Gasteiger partial charge in [-0.15, -0.1) is 0 Å². The third-order valence-corrected chi connectivity index (χ3v) is 1.89. The monoisotopic (exact) mass is 272 g/mol. The van der Waals surface area contributed by atoms with E-state index in [0.717, 1.165) is 11.3 Å². The summed E-state index contributed by atoms with van der Waals surface area (Å²) in [6.45, 7) is 19.5. The highest BCUT2D eigenvalue weighted by Crippen LogP contribution is 2.14. The van der Waals surface area contributed by atoms with Crippen molar-refractivity contribution in [3.8, 4) is 0 Å². The van der Waals surface area contributed by atoms with Crippen LogP contribution in [-0.4, -0.2) is 0 Å². The summed E-state index contributed by atoms with van der Waals surface area (Å²) in [6, 6.07) is 7.85. The lowest BCUT2D eigenvalue weighted by atomic mass is 10.2. The van der Waals surface area contributed by atoms with Crippen molar-refractivity contribution in [1.82, 2.24) is 0 Å². The zero-order valence-electron chi connectivity index (χ0n) is 13.8. The molecule has 0 aromatic heterocycles. The molecule has 0 bridgehead atoms. The molecule has 2 nitrogen and oxygen atoms in total. The van der Waals surface area contributed by atoms with E-state index in [1.807, 2.05) is 71.9 Å². The van der Waals surface area contributed by atoms with Gasteiger partial charge in [-0.1, -0.05) is 70.2 Å². The number of allylic oxidation sites excluding steroid dienone is 3. The van der Waals surface area contributed by atoms with Crippen LogP contribution in [-0.2, 0) is 0 Å². The molecule has 0 saturated carbocycles. The summed E-state index contributed by atoms with van der Waals surface area (Å²) in [5, 5.41) is 8.07. The van der Waals surface area contributed by atoms with Gasteiger partial charge in [0.15, 0.2) is 0 Å². The van der Waals surface area contributed by atoms with E-state index in [0.29, 0.717) is 5.70 Å². The predicted octanol–water partition coefficient (Wildman–Crippen LogP) is 6.78. The molecule has 0 spiro atoms. The van der Waals surface area contributed by atoms with E-state index in [2.05, 4.69) is 23.4 Å². The summed E-state index contributed by atoms with van der Waals surface area (Å²) in [5.74, 6) is 0. The van der Waals surface area contributed by atoms with Gasteiger partial charge in [-0.05, 0) is 32.1 Å². The van der Waals surface area contributed by atoms with E-state index in [1.54, 1.807) is 6.08 Å². The maximum atomic E-state index is 4.07. The van der Waals surface area contributed by atoms with Gasteiger partial charge < -0.3 is 0 Å². The third kappa shape index (κ3) is 11.1. The Morgan fingerprint density at radius 2 is 1.45 bits per heavy atom. The van der Waals surface area contributed by atoms with Crippen molar-refractivity contribution >= 4 is 5.69 Å². The van der Waals surface area contributed by atoms with Crippen LogP contribution in [0.3, 0.4) is 0 Å². The van der Waals surface area contributed by atoms with E-state index in [9.17, 15) is 0 Å². The molecular weight excluding hydrogens is 244 g/mol. The summed E-state index contributed by atoms with van der Waals surface area (Å²) < 4.78 is 0. The minimum absolute atomic E-state index is 0.614.